The molecular formula is C13H21NO2. The van der Waals surface area contributed by atoms with E-state index in [2.05, 4.69) is 18.4 Å². The molecule has 1 aromatic rings. The van der Waals surface area contributed by atoms with Crippen LogP contribution in [0, 0.1) is 6.92 Å². The number of carbonyl (C=O) groups is 1. The molecule has 0 N–H and O–H groups in total. The van der Waals surface area contributed by atoms with Crippen molar-refractivity contribution >= 4 is 6.29 Å². The molecule has 0 atom stereocenters. The van der Waals surface area contributed by atoms with Gasteiger partial charge in [-0.25, -0.2) is 0 Å². The number of ether oxygens (including phenoxy) is 1. The molecule has 0 spiro atoms. The first-order valence-electron chi connectivity index (χ1n) is 5.76. The van der Waals surface area contributed by atoms with Crippen LogP contribution in [0.1, 0.15) is 47.9 Å². The van der Waals surface area contributed by atoms with Gasteiger partial charge in [0, 0.05) is 37.2 Å². The highest BCUT2D eigenvalue weighted by atomic mass is 16.5. The number of carbonyl (C=O) groups excluding carboxylic acids is 1. The molecule has 0 aliphatic heterocycles. The molecule has 0 fully saturated rings. The Balaban J connectivity index is 2.94. The summed E-state index contributed by atoms with van der Waals surface area (Å²) in [4.78, 5) is 10.9. The van der Waals surface area contributed by atoms with Gasteiger partial charge in [0.15, 0.2) is 6.29 Å². The fraction of sp³-hybridized carbons (Fsp3) is 0.615. The molecule has 16 heavy (non-hydrogen) atoms. The van der Waals surface area contributed by atoms with E-state index in [0.717, 1.165) is 37.1 Å². The molecule has 1 heterocycles. The topological polar surface area (TPSA) is 31.2 Å². The summed E-state index contributed by atoms with van der Waals surface area (Å²) in [5, 5.41) is 0. The lowest BCUT2D eigenvalue weighted by molar-refractivity contribution is 0.112. The fourth-order valence-electron chi connectivity index (χ4n) is 1.95. The van der Waals surface area contributed by atoms with Gasteiger partial charge >= 0.3 is 0 Å². The maximum Gasteiger partial charge on any atom is 0.151 e. The molecule has 1 aromatic heterocycles. The number of methoxy groups -OCH3 is 1. The van der Waals surface area contributed by atoms with Crippen molar-refractivity contribution in [2.75, 3.05) is 13.7 Å². The summed E-state index contributed by atoms with van der Waals surface area (Å²) in [5.41, 5.74) is 3.10. The van der Waals surface area contributed by atoms with Gasteiger partial charge in [-0.1, -0.05) is 13.8 Å². The fourth-order valence-corrected chi connectivity index (χ4v) is 1.95. The molecule has 0 amide bonds. The highest BCUT2D eigenvalue weighted by Crippen LogP contribution is 2.21. The van der Waals surface area contributed by atoms with E-state index in [0.29, 0.717) is 5.92 Å². The second-order valence-electron chi connectivity index (χ2n) is 4.38. The monoisotopic (exact) mass is 223 g/mol. The second-order valence-corrected chi connectivity index (χ2v) is 4.38. The zero-order valence-electron chi connectivity index (χ0n) is 10.6. The maximum atomic E-state index is 10.9. The number of hydrogen-bond donors (Lipinski definition) is 0. The third-order valence-electron chi connectivity index (χ3n) is 2.89. The first-order valence-corrected chi connectivity index (χ1v) is 5.76. The van der Waals surface area contributed by atoms with E-state index in [1.165, 1.54) is 5.69 Å². The molecule has 3 nitrogen and oxygen atoms in total. The summed E-state index contributed by atoms with van der Waals surface area (Å²) >= 11 is 0. The van der Waals surface area contributed by atoms with E-state index < -0.39 is 0 Å². The van der Waals surface area contributed by atoms with Crippen molar-refractivity contribution in [1.29, 1.82) is 0 Å². The molecule has 0 aliphatic rings. The first kappa shape index (κ1) is 13.0. The van der Waals surface area contributed by atoms with Gasteiger partial charge in [0.1, 0.15) is 0 Å². The minimum absolute atomic E-state index is 0.440. The highest BCUT2D eigenvalue weighted by Gasteiger charge is 2.13. The molecule has 0 unspecified atom stereocenters. The summed E-state index contributed by atoms with van der Waals surface area (Å²) in [5.74, 6) is 0.440. The standard InChI is InChI=1S/C13H21NO2/c1-10(2)13-8-12(9-15)11(3)14(13)6-5-7-16-4/h8-10H,5-7H2,1-4H3. The average molecular weight is 223 g/mol. The number of nitrogens with zero attached hydrogens (tertiary/aromatic N) is 1. The first-order chi connectivity index (χ1) is 7.61. The predicted molar refractivity (Wildman–Crippen MR) is 65.1 cm³/mol. The van der Waals surface area contributed by atoms with Gasteiger partial charge in [-0.05, 0) is 25.3 Å². The van der Waals surface area contributed by atoms with E-state index in [1.54, 1.807) is 7.11 Å². The van der Waals surface area contributed by atoms with Gasteiger partial charge in [-0.2, -0.15) is 0 Å². The van der Waals surface area contributed by atoms with Gasteiger partial charge in [-0.3, -0.25) is 4.79 Å². The third-order valence-corrected chi connectivity index (χ3v) is 2.89. The Morgan fingerprint density at radius 2 is 2.19 bits per heavy atom. The van der Waals surface area contributed by atoms with Gasteiger partial charge in [0.25, 0.3) is 0 Å². The van der Waals surface area contributed by atoms with E-state index in [9.17, 15) is 4.79 Å². The Hall–Kier alpha value is -1.09. The lowest BCUT2D eigenvalue weighted by Gasteiger charge is -2.13. The molecule has 0 bridgehead atoms. The maximum absolute atomic E-state index is 10.9. The zero-order valence-corrected chi connectivity index (χ0v) is 10.6. The molecule has 0 saturated heterocycles. The van der Waals surface area contributed by atoms with Crippen LogP contribution in [0.5, 0.6) is 0 Å². The second kappa shape index (κ2) is 5.85. The van der Waals surface area contributed by atoms with Crippen LogP contribution in [0.15, 0.2) is 6.07 Å². The third kappa shape index (κ3) is 2.73. The van der Waals surface area contributed by atoms with Gasteiger partial charge < -0.3 is 9.30 Å². The van der Waals surface area contributed by atoms with Gasteiger partial charge in [0.2, 0.25) is 0 Å². The molecule has 0 aliphatic carbocycles. The van der Waals surface area contributed by atoms with Crippen molar-refractivity contribution < 1.29 is 9.53 Å². The van der Waals surface area contributed by atoms with Crippen molar-refractivity contribution in [3.63, 3.8) is 0 Å². The van der Waals surface area contributed by atoms with E-state index in [1.807, 2.05) is 13.0 Å². The Morgan fingerprint density at radius 3 is 2.69 bits per heavy atom. The molecule has 3 heteroatoms. The van der Waals surface area contributed by atoms with Crippen LogP contribution >= 0.6 is 0 Å². The van der Waals surface area contributed by atoms with Crippen LogP contribution in [0.4, 0.5) is 0 Å². The lowest BCUT2D eigenvalue weighted by Crippen LogP contribution is -2.08. The zero-order chi connectivity index (χ0) is 12.1. The van der Waals surface area contributed by atoms with Gasteiger partial charge in [0.05, 0.1) is 0 Å². The highest BCUT2D eigenvalue weighted by molar-refractivity contribution is 5.77. The number of rotatable bonds is 6. The predicted octanol–water partition coefficient (Wildman–Crippen LogP) is 2.77. The molecule has 0 saturated carbocycles. The number of hydrogen-bond acceptors (Lipinski definition) is 2. The van der Waals surface area contributed by atoms with Crippen molar-refractivity contribution in [3.8, 4) is 0 Å². The van der Waals surface area contributed by atoms with Crippen molar-refractivity contribution in [1.82, 2.24) is 4.57 Å². The Bertz CT molecular complexity index is 353. The molecule has 1 rings (SSSR count). The smallest absolute Gasteiger partial charge is 0.151 e. The Morgan fingerprint density at radius 1 is 1.50 bits per heavy atom. The van der Waals surface area contributed by atoms with E-state index in [-0.39, 0.29) is 0 Å². The van der Waals surface area contributed by atoms with E-state index >= 15 is 0 Å². The SMILES string of the molecule is COCCCn1c(C(C)C)cc(C=O)c1C. The summed E-state index contributed by atoms with van der Waals surface area (Å²) < 4.78 is 7.28. The van der Waals surface area contributed by atoms with Crippen molar-refractivity contribution in [2.45, 2.75) is 39.7 Å². The number of aldehydes is 1. The molecule has 0 radical (unpaired) electrons. The quantitative estimate of drug-likeness (QED) is 0.548. The minimum Gasteiger partial charge on any atom is -0.385 e. The van der Waals surface area contributed by atoms with Crippen LogP contribution in [-0.2, 0) is 11.3 Å². The van der Waals surface area contributed by atoms with Crippen molar-refractivity contribution in [2.24, 2.45) is 0 Å². The molecular weight excluding hydrogens is 202 g/mol. The van der Waals surface area contributed by atoms with Crippen molar-refractivity contribution in [3.05, 3.63) is 23.0 Å². The summed E-state index contributed by atoms with van der Waals surface area (Å²) in [6, 6.07) is 2.00. The lowest BCUT2D eigenvalue weighted by atomic mass is 10.1. The number of aromatic nitrogens is 1. The molecule has 90 valence electrons. The average Bonchev–Trinajstić information content (AvgIpc) is 2.57. The summed E-state index contributed by atoms with van der Waals surface area (Å²) in [7, 11) is 1.71. The van der Waals surface area contributed by atoms with Crippen LogP contribution in [-0.4, -0.2) is 24.6 Å². The summed E-state index contributed by atoms with van der Waals surface area (Å²) in [6.45, 7) is 7.97. The van der Waals surface area contributed by atoms with Crippen LogP contribution in [0.2, 0.25) is 0 Å². The summed E-state index contributed by atoms with van der Waals surface area (Å²) in [6.07, 6.45) is 1.91. The Labute approximate surface area is 97.4 Å². The normalized spacial score (nSPS) is 11.1. The van der Waals surface area contributed by atoms with Crippen LogP contribution in [0.3, 0.4) is 0 Å². The minimum atomic E-state index is 0.440. The van der Waals surface area contributed by atoms with Crippen LogP contribution in [0.25, 0.3) is 0 Å². The van der Waals surface area contributed by atoms with Crippen LogP contribution < -0.4 is 0 Å². The largest absolute Gasteiger partial charge is 0.385 e. The van der Waals surface area contributed by atoms with E-state index in [4.69, 9.17) is 4.74 Å². The Kier molecular flexibility index (Phi) is 4.74. The van der Waals surface area contributed by atoms with Gasteiger partial charge in [-0.15, -0.1) is 0 Å². The molecule has 0 aromatic carbocycles.